The van der Waals surface area contributed by atoms with Crippen LogP contribution in [0.25, 0.3) is 11.1 Å². The molecule has 1 aliphatic carbocycles. The molecule has 2 aliphatic rings. The summed E-state index contributed by atoms with van der Waals surface area (Å²) in [5.41, 5.74) is 5.72. The van der Waals surface area contributed by atoms with Gasteiger partial charge in [0.15, 0.2) is 0 Å². The number of aliphatic carboxylic acids is 1. The van der Waals surface area contributed by atoms with E-state index in [0.29, 0.717) is 11.4 Å². The van der Waals surface area contributed by atoms with Crippen molar-refractivity contribution in [1.29, 1.82) is 0 Å². The number of aromatic amines is 1. The van der Waals surface area contributed by atoms with Crippen LogP contribution in [0, 0.1) is 0 Å². The van der Waals surface area contributed by atoms with E-state index in [1.54, 1.807) is 0 Å². The molecular formula is C22H19N3O4. The molecule has 7 heteroatoms. The van der Waals surface area contributed by atoms with E-state index in [-0.39, 0.29) is 25.6 Å². The molecular weight excluding hydrogens is 370 g/mol. The summed E-state index contributed by atoms with van der Waals surface area (Å²) in [4.78, 5) is 32.8. The Balaban J connectivity index is 1.35. The minimum absolute atomic E-state index is 0.0332. The third kappa shape index (κ3) is 2.86. The maximum Gasteiger partial charge on any atom is 0.410 e. The lowest BCUT2D eigenvalue weighted by molar-refractivity contribution is -0.139. The number of nitrogens with one attached hydrogen (secondary N) is 1. The van der Waals surface area contributed by atoms with E-state index in [9.17, 15) is 14.7 Å². The van der Waals surface area contributed by atoms with Crippen LogP contribution in [0.2, 0.25) is 0 Å². The zero-order valence-electron chi connectivity index (χ0n) is 15.5. The Labute approximate surface area is 167 Å². The summed E-state index contributed by atoms with van der Waals surface area (Å²) in [5, 5.41) is 9.49. The molecule has 146 valence electrons. The van der Waals surface area contributed by atoms with Crippen molar-refractivity contribution in [3.63, 3.8) is 0 Å². The van der Waals surface area contributed by atoms with Gasteiger partial charge >= 0.3 is 12.1 Å². The molecule has 1 unspecified atom stereocenters. The number of ether oxygens (including phenoxy) is 1. The molecule has 0 radical (unpaired) electrons. The number of nitrogens with zero attached hydrogens (tertiary/aromatic N) is 2. The fourth-order valence-corrected chi connectivity index (χ4v) is 4.34. The predicted molar refractivity (Wildman–Crippen MR) is 104 cm³/mol. The fraction of sp³-hybridized carbons (Fsp3) is 0.227. The number of aromatic nitrogens is 2. The monoisotopic (exact) mass is 389 g/mol. The van der Waals surface area contributed by atoms with Crippen molar-refractivity contribution < 1.29 is 19.4 Å². The topological polar surface area (TPSA) is 95.5 Å². The minimum Gasteiger partial charge on any atom is -0.481 e. The zero-order valence-corrected chi connectivity index (χ0v) is 15.5. The Kier molecular flexibility index (Phi) is 4.08. The second-order valence-electron chi connectivity index (χ2n) is 7.34. The lowest BCUT2D eigenvalue weighted by atomic mass is 9.98. The van der Waals surface area contributed by atoms with Crippen molar-refractivity contribution in [3.8, 4) is 11.1 Å². The molecule has 0 fully saturated rings. The molecule has 29 heavy (non-hydrogen) atoms. The van der Waals surface area contributed by atoms with E-state index in [4.69, 9.17) is 4.74 Å². The van der Waals surface area contributed by atoms with Gasteiger partial charge in [0.05, 0.1) is 24.3 Å². The number of carboxylic acid groups (broad SMARTS) is 1. The first kappa shape index (κ1) is 17.5. The van der Waals surface area contributed by atoms with Crippen LogP contribution in [0.4, 0.5) is 4.79 Å². The van der Waals surface area contributed by atoms with Crippen LogP contribution >= 0.6 is 0 Å². The quantitative estimate of drug-likeness (QED) is 0.716. The molecule has 1 atom stereocenters. The van der Waals surface area contributed by atoms with Crippen LogP contribution < -0.4 is 0 Å². The second kappa shape index (κ2) is 6.77. The molecule has 1 aromatic heterocycles. The first-order valence-corrected chi connectivity index (χ1v) is 9.48. The summed E-state index contributed by atoms with van der Waals surface area (Å²) in [7, 11) is 0. The van der Waals surface area contributed by atoms with Crippen LogP contribution in [0.15, 0.2) is 54.9 Å². The van der Waals surface area contributed by atoms with Crippen LogP contribution in [0.3, 0.4) is 0 Å². The van der Waals surface area contributed by atoms with Crippen LogP contribution in [-0.4, -0.2) is 45.2 Å². The van der Waals surface area contributed by atoms with Crippen molar-refractivity contribution in [3.05, 3.63) is 77.4 Å². The van der Waals surface area contributed by atoms with E-state index < -0.39 is 18.0 Å². The van der Waals surface area contributed by atoms with E-state index in [2.05, 4.69) is 34.2 Å². The number of carbonyl (C=O) groups is 2. The highest BCUT2D eigenvalue weighted by Gasteiger charge is 2.36. The number of hydrogen-bond acceptors (Lipinski definition) is 4. The summed E-state index contributed by atoms with van der Waals surface area (Å²) in [6.07, 6.45) is 0.945. The van der Waals surface area contributed by atoms with Gasteiger partial charge in [-0.1, -0.05) is 48.5 Å². The second-order valence-corrected chi connectivity index (χ2v) is 7.34. The fourth-order valence-electron chi connectivity index (χ4n) is 4.34. The number of H-pyrrole nitrogens is 1. The van der Waals surface area contributed by atoms with Crippen molar-refractivity contribution in [2.24, 2.45) is 0 Å². The lowest BCUT2D eigenvalue weighted by Gasteiger charge is -2.29. The van der Waals surface area contributed by atoms with Gasteiger partial charge in [-0.25, -0.2) is 9.78 Å². The first-order chi connectivity index (χ1) is 14.1. The zero-order chi connectivity index (χ0) is 20.0. The third-order valence-electron chi connectivity index (χ3n) is 5.73. The highest BCUT2D eigenvalue weighted by molar-refractivity contribution is 5.80. The highest BCUT2D eigenvalue weighted by Crippen LogP contribution is 2.44. The van der Waals surface area contributed by atoms with Crippen molar-refractivity contribution in [1.82, 2.24) is 14.9 Å². The molecule has 0 saturated carbocycles. The van der Waals surface area contributed by atoms with Crippen molar-refractivity contribution >= 4 is 12.1 Å². The number of hydrogen-bond donors (Lipinski definition) is 2. The SMILES string of the molecule is O=C(O)C1CN(C(=O)OCC2c3ccccc3-c3ccccc32)Cc2[nH]cnc21. The largest absolute Gasteiger partial charge is 0.481 e. The Morgan fingerprint density at radius 2 is 1.76 bits per heavy atom. The van der Waals surface area contributed by atoms with Gasteiger partial charge in [-0.2, -0.15) is 0 Å². The molecule has 7 nitrogen and oxygen atoms in total. The molecule has 2 aromatic carbocycles. The molecule has 3 aromatic rings. The molecule has 2 N–H and O–H groups in total. The molecule has 0 saturated heterocycles. The molecule has 1 amide bonds. The summed E-state index contributed by atoms with van der Waals surface area (Å²) >= 11 is 0. The van der Waals surface area contributed by atoms with Crippen LogP contribution in [-0.2, 0) is 16.1 Å². The number of carboxylic acids is 1. The van der Waals surface area contributed by atoms with Crippen molar-refractivity contribution in [2.45, 2.75) is 18.4 Å². The van der Waals surface area contributed by atoms with Gasteiger partial charge < -0.3 is 19.7 Å². The van der Waals surface area contributed by atoms with Gasteiger partial charge in [0.25, 0.3) is 0 Å². The average molecular weight is 389 g/mol. The van der Waals surface area contributed by atoms with Crippen LogP contribution in [0.5, 0.6) is 0 Å². The first-order valence-electron chi connectivity index (χ1n) is 9.48. The maximum absolute atomic E-state index is 12.8. The molecule has 2 heterocycles. The maximum atomic E-state index is 12.8. The smallest absolute Gasteiger partial charge is 0.410 e. The Bertz CT molecular complexity index is 1060. The van der Waals surface area contributed by atoms with E-state index in [1.165, 1.54) is 11.2 Å². The summed E-state index contributed by atoms with van der Waals surface area (Å²) in [5.74, 6) is -1.89. The Morgan fingerprint density at radius 1 is 1.10 bits per heavy atom. The number of amides is 1. The molecule has 0 bridgehead atoms. The Hall–Kier alpha value is -3.61. The summed E-state index contributed by atoms with van der Waals surface area (Å²) < 4.78 is 5.66. The van der Waals surface area contributed by atoms with E-state index in [1.807, 2.05) is 24.3 Å². The third-order valence-corrected chi connectivity index (χ3v) is 5.73. The predicted octanol–water partition coefficient (Wildman–Crippen LogP) is 3.34. The van der Waals surface area contributed by atoms with Crippen molar-refractivity contribution in [2.75, 3.05) is 13.2 Å². The van der Waals surface area contributed by atoms with Crippen LogP contribution in [0.1, 0.15) is 34.4 Å². The standard InChI is InChI=1S/C22H19N3O4/c26-21(27)17-9-25(10-19-20(17)24-12-23-19)22(28)29-11-18-15-7-3-1-5-13(15)14-6-2-4-8-16(14)18/h1-8,12,17-18H,9-11H2,(H,23,24)(H,26,27). The number of fused-ring (bicyclic) bond motifs is 4. The van der Waals surface area contributed by atoms with Gasteiger partial charge in [-0.3, -0.25) is 4.79 Å². The highest BCUT2D eigenvalue weighted by atomic mass is 16.6. The lowest BCUT2D eigenvalue weighted by Crippen LogP contribution is -2.41. The van der Waals surface area contributed by atoms with Gasteiger partial charge in [-0.05, 0) is 22.3 Å². The molecule has 1 aliphatic heterocycles. The van der Waals surface area contributed by atoms with Gasteiger partial charge in [-0.15, -0.1) is 0 Å². The normalized spacial score (nSPS) is 17.4. The average Bonchev–Trinajstić information content (AvgIpc) is 3.34. The molecule has 0 spiro atoms. The number of benzene rings is 2. The molecule has 5 rings (SSSR count). The number of rotatable bonds is 3. The van der Waals surface area contributed by atoms with E-state index >= 15 is 0 Å². The summed E-state index contributed by atoms with van der Waals surface area (Å²) in [6.45, 7) is 0.510. The van der Waals surface area contributed by atoms with Gasteiger partial charge in [0, 0.05) is 12.5 Å². The van der Waals surface area contributed by atoms with Gasteiger partial charge in [0.2, 0.25) is 0 Å². The van der Waals surface area contributed by atoms with E-state index in [0.717, 1.165) is 22.3 Å². The summed E-state index contributed by atoms with van der Waals surface area (Å²) in [6, 6.07) is 16.3. The number of carbonyl (C=O) groups excluding carboxylic acids is 1. The minimum atomic E-state index is -1.01. The Morgan fingerprint density at radius 3 is 2.41 bits per heavy atom. The van der Waals surface area contributed by atoms with Gasteiger partial charge in [0.1, 0.15) is 12.5 Å². The number of imidazole rings is 1.